The van der Waals surface area contributed by atoms with Gasteiger partial charge in [-0.1, -0.05) is 0 Å². The molecule has 8 heteroatoms. The Morgan fingerprint density at radius 1 is 1.48 bits per heavy atom. The number of primary amides is 1. The summed E-state index contributed by atoms with van der Waals surface area (Å²) in [6.45, 7) is 4.27. The van der Waals surface area contributed by atoms with Gasteiger partial charge in [-0.05, 0) is 37.4 Å². The van der Waals surface area contributed by atoms with Gasteiger partial charge in [0.25, 0.3) is 5.91 Å². The number of alkyl carbamates (subject to hydrolysis) is 1. The smallest absolute Gasteiger partial charge is 0.407 e. The molecule has 1 fully saturated rings. The molecule has 8 nitrogen and oxygen atoms in total. The van der Waals surface area contributed by atoms with Gasteiger partial charge in [-0.2, -0.15) is 0 Å². The van der Waals surface area contributed by atoms with E-state index in [1.807, 2.05) is 13.8 Å². The number of pyridine rings is 1. The van der Waals surface area contributed by atoms with Crippen LogP contribution in [-0.2, 0) is 4.74 Å². The lowest BCUT2D eigenvalue weighted by Crippen LogP contribution is -2.22. The molecule has 2 aromatic rings. The number of benzene rings is 1. The molecule has 1 aromatic carbocycles. The fraction of sp³-hybridized carbons (Fsp3) is 0.353. The zero-order valence-corrected chi connectivity index (χ0v) is 13.9. The van der Waals surface area contributed by atoms with E-state index in [2.05, 4.69) is 10.3 Å². The Hall–Kier alpha value is -3.03. The molecule has 1 aliphatic rings. The van der Waals surface area contributed by atoms with Crippen LogP contribution in [0.4, 0.5) is 4.79 Å². The molecule has 1 aliphatic heterocycles. The van der Waals surface area contributed by atoms with Crippen molar-refractivity contribution in [3.05, 3.63) is 30.0 Å². The van der Waals surface area contributed by atoms with E-state index in [4.69, 9.17) is 19.9 Å². The molecule has 1 unspecified atom stereocenters. The number of hydrogen-bond donors (Lipinski definition) is 2. The quantitative estimate of drug-likeness (QED) is 0.822. The molecule has 0 saturated carbocycles. The largest absolute Gasteiger partial charge is 0.490 e. The van der Waals surface area contributed by atoms with E-state index in [-0.39, 0.29) is 18.8 Å². The zero-order chi connectivity index (χ0) is 18.0. The van der Waals surface area contributed by atoms with Gasteiger partial charge in [0.15, 0.2) is 6.10 Å². The number of aromatic nitrogens is 1. The number of hydrogen-bond acceptors (Lipinski definition) is 6. The number of ether oxygens (including phenoxy) is 3. The lowest BCUT2D eigenvalue weighted by Gasteiger charge is -2.16. The standard InChI is InChI=1S/C17H19N3O5/c1-9(2)24-14-6-12-10(5-13(14)15(18)21)3-4-19-16(12)23-8-11-7-20-17(22)25-11/h3-6,9,11H,7-8H2,1-2H3,(H2,18,21)(H,20,22). The summed E-state index contributed by atoms with van der Waals surface area (Å²) < 4.78 is 16.4. The van der Waals surface area contributed by atoms with Gasteiger partial charge in [0.1, 0.15) is 12.4 Å². The van der Waals surface area contributed by atoms with E-state index in [9.17, 15) is 9.59 Å². The molecule has 3 N–H and O–H groups in total. The Bertz CT molecular complexity index is 821. The summed E-state index contributed by atoms with van der Waals surface area (Å²) in [4.78, 5) is 27.0. The number of cyclic esters (lactones) is 1. The van der Waals surface area contributed by atoms with Crippen molar-refractivity contribution in [2.45, 2.75) is 26.1 Å². The molecule has 1 aromatic heterocycles. The Balaban J connectivity index is 1.93. The SMILES string of the molecule is CC(C)Oc1cc2c(OCC3CNC(=O)O3)nccc2cc1C(N)=O. The van der Waals surface area contributed by atoms with Crippen molar-refractivity contribution in [3.8, 4) is 11.6 Å². The highest BCUT2D eigenvalue weighted by Gasteiger charge is 2.23. The van der Waals surface area contributed by atoms with Gasteiger partial charge >= 0.3 is 6.09 Å². The van der Waals surface area contributed by atoms with Crippen LogP contribution in [0, 0.1) is 0 Å². The number of carbonyl (C=O) groups excluding carboxylic acids is 2. The number of nitrogens with two attached hydrogens (primary N) is 1. The van der Waals surface area contributed by atoms with Gasteiger partial charge in [0.2, 0.25) is 5.88 Å². The van der Waals surface area contributed by atoms with E-state index >= 15 is 0 Å². The van der Waals surface area contributed by atoms with Crippen LogP contribution in [0.25, 0.3) is 10.8 Å². The summed E-state index contributed by atoms with van der Waals surface area (Å²) in [7, 11) is 0. The molecular formula is C17H19N3O5. The van der Waals surface area contributed by atoms with E-state index in [0.717, 1.165) is 5.39 Å². The molecule has 2 heterocycles. The van der Waals surface area contributed by atoms with Gasteiger partial charge in [0.05, 0.1) is 18.2 Å². The topological polar surface area (TPSA) is 113 Å². The first-order valence-corrected chi connectivity index (χ1v) is 7.90. The van der Waals surface area contributed by atoms with E-state index in [1.165, 1.54) is 0 Å². The molecule has 0 spiro atoms. The Labute approximate surface area is 144 Å². The number of carbonyl (C=O) groups is 2. The summed E-state index contributed by atoms with van der Waals surface area (Å²) in [6, 6.07) is 5.10. The monoisotopic (exact) mass is 345 g/mol. The van der Waals surface area contributed by atoms with Crippen LogP contribution in [0.2, 0.25) is 0 Å². The summed E-state index contributed by atoms with van der Waals surface area (Å²) >= 11 is 0. The summed E-state index contributed by atoms with van der Waals surface area (Å²) in [5.41, 5.74) is 5.75. The molecule has 0 radical (unpaired) electrons. The maximum Gasteiger partial charge on any atom is 0.407 e. The van der Waals surface area contributed by atoms with Crippen molar-refractivity contribution in [1.29, 1.82) is 0 Å². The third kappa shape index (κ3) is 3.73. The van der Waals surface area contributed by atoms with Crippen molar-refractivity contribution >= 4 is 22.8 Å². The molecular weight excluding hydrogens is 326 g/mol. The van der Waals surface area contributed by atoms with Gasteiger partial charge in [-0.25, -0.2) is 9.78 Å². The first kappa shape index (κ1) is 16.8. The van der Waals surface area contributed by atoms with Gasteiger partial charge in [-0.3, -0.25) is 4.79 Å². The third-order valence-corrected chi connectivity index (χ3v) is 3.61. The van der Waals surface area contributed by atoms with Crippen LogP contribution in [0.3, 0.4) is 0 Å². The van der Waals surface area contributed by atoms with Gasteiger partial charge < -0.3 is 25.3 Å². The Kier molecular flexibility index (Phi) is 4.60. The van der Waals surface area contributed by atoms with Crippen LogP contribution >= 0.6 is 0 Å². The summed E-state index contributed by atoms with van der Waals surface area (Å²) in [5.74, 6) is 0.174. The molecule has 2 amide bonds. The number of nitrogens with one attached hydrogen (secondary N) is 1. The molecule has 0 aliphatic carbocycles. The van der Waals surface area contributed by atoms with Gasteiger partial charge in [0, 0.05) is 11.6 Å². The second kappa shape index (κ2) is 6.84. The lowest BCUT2D eigenvalue weighted by molar-refractivity contribution is 0.0994. The molecule has 25 heavy (non-hydrogen) atoms. The van der Waals surface area contributed by atoms with Crippen molar-refractivity contribution in [2.24, 2.45) is 5.73 Å². The third-order valence-electron chi connectivity index (χ3n) is 3.61. The average Bonchev–Trinajstić information content (AvgIpc) is 2.97. The fourth-order valence-corrected chi connectivity index (χ4v) is 2.53. The Morgan fingerprint density at radius 3 is 2.92 bits per heavy atom. The van der Waals surface area contributed by atoms with Gasteiger partial charge in [-0.15, -0.1) is 0 Å². The predicted octanol–water partition coefficient (Wildman–Crippen LogP) is 1.61. The first-order valence-electron chi connectivity index (χ1n) is 7.90. The summed E-state index contributed by atoms with van der Waals surface area (Å²) in [6.07, 6.45) is 0.615. The van der Waals surface area contributed by atoms with Crippen molar-refractivity contribution in [2.75, 3.05) is 13.2 Å². The van der Waals surface area contributed by atoms with Crippen molar-refractivity contribution in [3.63, 3.8) is 0 Å². The number of nitrogens with zero attached hydrogens (tertiary/aromatic N) is 1. The highest BCUT2D eigenvalue weighted by Crippen LogP contribution is 2.31. The minimum absolute atomic E-state index is 0.124. The van der Waals surface area contributed by atoms with Crippen LogP contribution in [0.1, 0.15) is 24.2 Å². The maximum absolute atomic E-state index is 11.7. The Morgan fingerprint density at radius 2 is 2.28 bits per heavy atom. The fourth-order valence-electron chi connectivity index (χ4n) is 2.53. The second-order valence-corrected chi connectivity index (χ2v) is 5.94. The number of fused-ring (bicyclic) bond motifs is 1. The van der Waals surface area contributed by atoms with E-state index in [0.29, 0.717) is 29.1 Å². The maximum atomic E-state index is 11.7. The van der Waals surface area contributed by atoms with Crippen LogP contribution in [0.5, 0.6) is 11.6 Å². The number of rotatable bonds is 6. The van der Waals surface area contributed by atoms with Crippen molar-refractivity contribution in [1.82, 2.24) is 10.3 Å². The van der Waals surface area contributed by atoms with Crippen LogP contribution in [0.15, 0.2) is 24.4 Å². The number of amides is 2. The van der Waals surface area contributed by atoms with Crippen molar-refractivity contribution < 1.29 is 23.8 Å². The normalized spacial score (nSPS) is 16.6. The molecule has 0 bridgehead atoms. The zero-order valence-electron chi connectivity index (χ0n) is 13.9. The lowest BCUT2D eigenvalue weighted by atomic mass is 10.1. The second-order valence-electron chi connectivity index (χ2n) is 5.94. The predicted molar refractivity (Wildman–Crippen MR) is 89.8 cm³/mol. The minimum atomic E-state index is -0.569. The minimum Gasteiger partial charge on any atom is -0.490 e. The van der Waals surface area contributed by atoms with Crippen LogP contribution in [-0.4, -0.2) is 42.3 Å². The molecule has 3 rings (SSSR count). The van der Waals surface area contributed by atoms with E-state index in [1.54, 1.807) is 24.4 Å². The molecule has 1 atom stereocenters. The van der Waals surface area contributed by atoms with E-state index < -0.39 is 12.0 Å². The highest BCUT2D eigenvalue weighted by atomic mass is 16.6. The molecule has 132 valence electrons. The highest BCUT2D eigenvalue weighted by molar-refractivity contribution is 6.01. The summed E-state index contributed by atoms with van der Waals surface area (Å²) in [5, 5.41) is 3.99. The molecule has 1 saturated heterocycles. The first-order chi connectivity index (χ1) is 11.9. The average molecular weight is 345 g/mol. The van der Waals surface area contributed by atoms with Crippen LogP contribution < -0.4 is 20.5 Å².